The molecule has 1 amide bonds. The Morgan fingerprint density at radius 3 is 2.67 bits per heavy atom. The number of carbonyl (C=O) groups excluding carboxylic acids is 1. The van der Waals surface area contributed by atoms with Gasteiger partial charge in [-0.3, -0.25) is 4.79 Å². The fraction of sp³-hybridized carbons (Fsp3) is 0.429. The van der Waals surface area contributed by atoms with E-state index in [9.17, 15) is 4.79 Å². The SMILES string of the molecule is Cc1noc(C(C)C)c1C(=O)NCCNc1ncccn1. The summed E-state index contributed by atoms with van der Waals surface area (Å²) in [6.45, 7) is 6.69. The molecule has 21 heavy (non-hydrogen) atoms. The third kappa shape index (κ3) is 3.77. The van der Waals surface area contributed by atoms with Crippen molar-refractivity contribution >= 4 is 11.9 Å². The molecule has 0 spiro atoms. The average Bonchev–Trinajstić information content (AvgIpc) is 2.86. The van der Waals surface area contributed by atoms with Gasteiger partial charge in [0.25, 0.3) is 5.91 Å². The molecule has 112 valence electrons. The summed E-state index contributed by atoms with van der Waals surface area (Å²) < 4.78 is 5.21. The van der Waals surface area contributed by atoms with Gasteiger partial charge >= 0.3 is 0 Å². The summed E-state index contributed by atoms with van der Waals surface area (Å²) in [6, 6.07) is 1.75. The molecule has 0 bridgehead atoms. The van der Waals surface area contributed by atoms with Crippen molar-refractivity contribution < 1.29 is 9.32 Å². The van der Waals surface area contributed by atoms with E-state index in [0.29, 0.717) is 36.1 Å². The van der Waals surface area contributed by atoms with E-state index in [4.69, 9.17) is 4.52 Å². The number of anilines is 1. The summed E-state index contributed by atoms with van der Waals surface area (Å²) in [5.74, 6) is 1.09. The Kier molecular flexibility index (Phi) is 4.86. The van der Waals surface area contributed by atoms with Crippen LogP contribution in [0.4, 0.5) is 5.95 Å². The Morgan fingerprint density at radius 2 is 2.00 bits per heavy atom. The lowest BCUT2D eigenvalue weighted by Gasteiger charge is -2.08. The molecule has 0 atom stereocenters. The van der Waals surface area contributed by atoms with Gasteiger partial charge in [0, 0.05) is 31.4 Å². The predicted molar refractivity (Wildman–Crippen MR) is 78.2 cm³/mol. The van der Waals surface area contributed by atoms with Crippen LogP contribution < -0.4 is 10.6 Å². The van der Waals surface area contributed by atoms with E-state index >= 15 is 0 Å². The second-order valence-electron chi connectivity index (χ2n) is 4.92. The fourth-order valence-electron chi connectivity index (χ4n) is 1.89. The summed E-state index contributed by atoms with van der Waals surface area (Å²) in [7, 11) is 0. The zero-order valence-electron chi connectivity index (χ0n) is 12.4. The van der Waals surface area contributed by atoms with Crippen LogP contribution in [-0.2, 0) is 0 Å². The quantitative estimate of drug-likeness (QED) is 0.787. The van der Waals surface area contributed by atoms with Crippen LogP contribution >= 0.6 is 0 Å². The maximum atomic E-state index is 12.2. The van der Waals surface area contributed by atoms with Gasteiger partial charge in [-0.25, -0.2) is 9.97 Å². The molecule has 0 unspecified atom stereocenters. The Bertz CT molecular complexity index is 595. The van der Waals surface area contributed by atoms with E-state index in [1.807, 2.05) is 13.8 Å². The molecular weight excluding hydrogens is 270 g/mol. The van der Waals surface area contributed by atoms with Crippen molar-refractivity contribution in [1.29, 1.82) is 0 Å². The topological polar surface area (TPSA) is 92.9 Å². The minimum atomic E-state index is -0.173. The number of hydrogen-bond donors (Lipinski definition) is 2. The van der Waals surface area contributed by atoms with Crippen LogP contribution in [0.25, 0.3) is 0 Å². The lowest BCUT2D eigenvalue weighted by atomic mass is 10.0. The highest BCUT2D eigenvalue weighted by molar-refractivity contribution is 5.96. The molecular formula is C14H19N5O2. The zero-order chi connectivity index (χ0) is 15.2. The van der Waals surface area contributed by atoms with Gasteiger partial charge in [0.15, 0.2) is 5.76 Å². The Morgan fingerprint density at radius 1 is 1.29 bits per heavy atom. The minimum Gasteiger partial charge on any atom is -0.360 e. The molecule has 0 aliphatic heterocycles. The second kappa shape index (κ2) is 6.83. The molecule has 0 fully saturated rings. The van der Waals surface area contributed by atoms with Crippen molar-refractivity contribution in [3.8, 4) is 0 Å². The van der Waals surface area contributed by atoms with Gasteiger partial charge in [-0.2, -0.15) is 0 Å². The standard InChI is InChI=1S/C14H19N5O2/c1-9(2)12-11(10(3)19-21-12)13(20)15-7-8-18-14-16-5-4-6-17-14/h4-6,9H,7-8H2,1-3H3,(H,15,20)(H,16,17,18). The third-order valence-corrected chi connectivity index (χ3v) is 2.90. The first-order chi connectivity index (χ1) is 10.1. The van der Waals surface area contributed by atoms with Crippen molar-refractivity contribution in [3.05, 3.63) is 35.5 Å². The molecule has 0 aliphatic carbocycles. The normalized spacial score (nSPS) is 10.7. The highest BCUT2D eigenvalue weighted by atomic mass is 16.5. The summed E-state index contributed by atoms with van der Waals surface area (Å²) >= 11 is 0. The summed E-state index contributed by atoms with van der Waals surface area (Å²) in [5.41, 5.74) is 1.14. The van der Waals surface area contributed by atoms with E-state index in [0.717, 1.165) is 0 Å². The van der Waals surface area contributed by atoms with Gasteiger partial charge in [-0.05, 0) is 13.0 Å². The third-order valence-electron chi connectivity index (χ3n) is 2.90. The molecule has 0 radical (unpaired) electrons. The molecule has 7 heteroatoms. The second-order valence-corrected chi connectivity index (χ2v) is 4.92. The fourth-order valence-corrected chi connectivity index (χ4v) is 1.89. The Labute approximate surface area is 123 Å². The first kappa shape index (κ1) is 15.0. The van der Waals surface area contributed by atoms with Crippen molar-refractivity contribution in [2.24, 2.45) is 0 Å². The first-order valence-corrected chi connectivity index (χ1v) is 6.85. The number of aryl methyl sites for hydroxylation is 1. The molecule has 0 aliphatic rings. The molecule has 2 heterocycles. The predicted octanol–water partition coefficient (Wildman–Crippen LogP) is 1.74. The molecule has 0 saturated carbocycles. The molecule has 2 aromatic rings. The molecule has 2 N–H and O–H groups in total. The van der Waals surface area contributed by atoms with Gasteiger partial charge < -0.3 is 15.2 Å². The van der Waals surface area contributed by atoms with E-state index in [1.165, 1.54) is 0 Å². The highest BCUT2D eigenvalue weighted by Gasteiger charge is 2.21. The van der Waals surface area contributed by atoms with Crippen LogP contribution in [0.2, 0.25) is 0 Å². The zero-order valence-corrected chi connectivity index (χ0v) is 12.4. The van der Waals surface area contributed by atoms with E-state index < -0.39 is 0 Å². The summed E-state index contributed by atoms with van der Waals surface area (Å²) in [5, 5.41) is 9.72. The van der Waals surface area contributed by atoms with E-state index in [1.54, 1.807) is 25.4 Å². The summed E-state index contributed by atoms with van der Waals surface area (Å²) in [6.07, 6.45) is 3.31. The molecule has 2 rings (SSSR count). The molecule has 2 aromatic heterocycles. The monoisotopic (exact) mass is 289 g/mol. The largest absolute Gasteiger partial charge is 0.360 e. The number of nitrogens with zero attached hydrogens (tertiary/aromatic N) is 3. The van der Waals surface area contributed by atoms with Crippen LogP contribution in [0.1, 0.15) is 41.6 Å². The van der Waals surface area contributed by atoms with Crippen LogP contribution in [0, 0.1) is 6.92 Å². The average molecular weight is 289 g/mol. The Hall–Kier alpha value is -2.44. The van der Waals surface area contributed by atoms with Crippen LogP contribution in [0.5, 0.6) is 0 Å². The minimum absolute atomic E-state index is 0.114. The lowest BCUT2D eigenvalue weighted by molar-refractivity contribution is 0.0952. The van der Waals surface area contributed by atoms with Crippen molar-refractivity contribution in [2.75, 3.05) is 18.4 Å². The van der Waals surface area contributed by atoms with E-state index in [-0.39, 0.29) is 11.8 Å². The van der Waals surface area contributed by atoms with Gasteiger partial charge in [0.1, 0.15) is 5.56 Å². The number of amides is 1. The number of rotatable bonds is 6. The number of carbonyl (C=O) groups is 1. The van der Waals surface area contributed by atoms with E-state index in [2.05, 4.69) is 25.8 Å². The highest BCUT2D eigenvalue weighted by Crippen LogP contribution is 2.21. The smallest absolute Gasteiger partial charge is 0.256 e. The maximum Gasteiger partial charge on any atom is 0.256 e. The van der Waals surface area contributed by atoms with Gasteiger partial charge in [0.2, 0.25) is 5.95 Å². The number of aromatic nitrogens is 3. The van der Waals surface area contributed by atoms with Crippen molar-refractivity contribution in [3.63, 3.8) is 0 Å². The van der Waals surface area contributed by atoms with Crippen LogP contribution in [0.15, 0.2) is 23.0 Å². The van der Waals surface area contributed by atoms with Crippen molar-refractivity contribution in [1.82, 2.24) is 20.4 Å². The van der Waals surface area contributed by atoms with Crippen LogP contribution in [0.3, 0.4) is 0 Å². The first-order valence-electron chi connectivity index (χ1n) is 6.85. The molecule has 0 saturated heterocycles. The molecule has 0 aromatic carbocycles. The van der Waals surface area contributed by atoms with Gasteiger partial charge in [-0.15, -0.1) is 0 Å². The molecule has 7 nitrogen and oxygen atoms in total. The van der Waals surface area contributed by atoms with Crippen LogP contribution in [-0.4, -0.2) is 34.1 Å². The van der Waals surface area contributed by atoms with Gasteiger partial charge in [-0.1, -0.05) is 19.0 Å². The number of hydrogen-bond acceptors (Lipinski definition) is 6. The lowest BCUT2D eigenvalue weighted by Crippen LogP contribution is -2.30. The van der Waals surface area contributed by atoms with Crippen molar-refractivity contribution in [2.45, 2.75) is 26.7 Å². The number of nitrogens with one attached hydrogen (secondary N) is 2. The Balaban J connectivity index is 1.86. The summed E-state index contributed by atoms with van der Waals surface area (Å²) in [4.78, 5) is 20.3. The maximum absolute atomic E-state index is 12.2. The van der Waals surface area contributed by atoms with Gasteiger partial charge in [0.05, 0.1) is 5.69 Å².